The fourth-order valence-corrected chi connectivity index (χ4v) is 3.17. The van der Waals surface area contributed by atoms with Crippen molar-refractivity contribution in [3.8, 4) is 0 Å². The lowest BCUT2D eigenvalue weighted by Crippen LogP contribution is -2.55. The summed E-state index contributed by atoms with van der Waals surface area (Å²) in [7, 11) is 2.04. The maximum atomic E-state index is 12.2. The largest absolute Gasteiger partial charge is 0.353 e. The Morgan fingerprint density at radius 1 is 1.37 bits per heavy atom. The number of rotatable bonds is 1. The Balaban J connectivity index is 1.93. The molecule has 0 saturated carbocycles. The van der Waals surface area contributed by atoms with Crippen molar-refractivity contribution in [3.05, 3.63) is 40.9 Å². The van der Waals surface area contributed by atoms with Gasteiger partial charge in [-0.15, -0.1) is 0 Å². The average Bonchev–Trinajstić information content (AvgIpc) is 2.43. The minimum Gasteiger partial charge on any atom is -0.353 e. The average molecular weight is 277 g/mol. The molecule has 1 N–H and O–H groups in total. The van der Waals surface area contributed by atoms with Crippen molar-refractivity contribution in [2.45, 2.75) is 25.4 Å². The molecular formula is C15H17ClN2O. The number of carbonyl (C=O) groups is 1. The van der Waals surface area contributed by atoms with E-state index in [9.17, 15) is 4.79 Å². The number of hydrogen-bond donors (Lipinski definition) is 1. The van der Waals surface area contributed by atoms with Crippen LogP contribution < -0.4 is 10.2 Å². The number of carbonyl (C=O) groups excluding carboxylic acids is 1. The van der Waals surface area contributed by atoms with E-state index in [0.29, 0.717) is 16.5 Å². The van der Waals surface area contributed by atoms with Gasteiger partial charge in [-0.2, -0.15) is 0 Å². The van der Waals surface area contributed by atoms with Gasteiger partial charge in [0, 0.05) is 18.0 Å². The molecule has 1 heterocycles. The third kappa shape index (κ3) is 2.23. The molecule has 1 aliphatic carbocycles. The Hall–Kier alpha value is -1.48. The lowest BCUT2D eigenvalue weighted by molar-refractivity contribution is 0.0908. The van der Waals surface area contributed by atoms with Crippen LogP contribution in [-0.4, -0.2) is 19.1 Å². The van der Waals surface area contributed by atoms with Crippen LogP contribution in [0, 0.1) is 5.92 Å². The first-order valence-corrected chi connectivity index (χ1v) is 7.03. The maximum Gasteiger partial charge on any atom is 0.255 e. The van der Waals surface area contributed by atoms with Gasteiger partial charge in [0.2, 0.25) is 0 Å². The molecule has 1 aromatic carbocycles. The molecule has 0 radical (unpaired) electrons. The van der Waals surface area contributed by atoms with E-state index >= 15 is 0 Å². The van der Waals surface area contributed by atoms with Gasteiger partial charge >= 0.3 is 0 Å². The summed E-state index contributed by atoms with van der Waals surface area (Å²) in [5.74, 6) is 0.456. The molecule has 4 heteroatoms. The standard InChI is InChI=1S/C15H17ClN2O/c1-18-13-8-7-11(16)9-12(13)15(19)17-14(18)10-5-3-2-4-6-10/h2-3,7-10,14H,4-6H2,1H3,(H,17,19)/t10-,14+/m0/s1. The van der Waals surface area contributed by atoms with E-state index < -0.39 is 0 Å². The third-order valence-electron chi connectivity index (χ3n) is 4.04. The SMILES string of the molecule is CN1c2ccc(Cl)cc2C(=O)N[C@H]1[C@H]1CC=CCC1. The van der Waals surface area contributed by atoms with E-state index in [1.165, 1.54) is 0 Å². The van der Waals surface area contributed by atoms with Crippen molar-refractivity contribution < 1.29 is 4.79 Å². The van der Waals surface area contributed by atoms with Crippen LogP contribution in [0.1, 0.15) is 29.6 Å². The number of halogens is 1. The number of benzene rings is 1. The van der Waals surface area contributed by atoms with Gasteiger partial charge in [-0.3, -0.25) is 4.79 Å². The molecule has 1 amide bonds. The van der Waals surface area contributed by atoms with E-state index in [2.05, 4.69) is 22.4 Å². The van der Waals surface area contributed by atoms with Gasteiger partial charge in [-0.1, -0.05) is 23.8 Å². The monoisotopic (exact) mass is 276 g/mol. The van der Waals surface area contributed by atoms with Crippen LogP contribution in [0.25, 0.3) is 0 Å². The number of nitrogens with zero attached hydrogens (tertiary/aromatic N) is 1. The Morgan fingerprint density at radius 3 is 2.95 bits per heavy atom. The zero-order valence-electron chi connectivity index (χ0n) is 10.9. The molecule has 19 heavy (non-hydrogen) atoms. The van der Waals surface area contributed by atoms with Crippen LogP contribution in [0.3, 0.4) is 0 Å². The first-order valence-electron chi connectivity index (χ1n) is 6.65. The second-order valence-corrected chi connectivity index (χ2v) is 5.67. The summed E-state index contributed by atoms with van der Waals surface area (Å²) in [6, 6.07) is 5.51. The molecule has 1 aromatic rings. The number of amides is 1. The minimum absolute atomic E-state index is 0.0184. The summed E-state index contributed by atoms with van der Waals surface area (Å²) in [6.45, 7) is 0. The Bertz CT molecular complexity index is 541. The molecule has 0 fully saturated rings. The fourth-order valence-electron chi connectivity index (χ4n) is 2.99. The van der Waals surface area contributed by atoms with Crippen LogP contribution in [0.15, 0.2) is 30.4 Å². The van der Waals surface area contributed by atoms with Gasteiger partial charge in [0.1, 0.15) is 6.17 Å². The molecule has 3 rings (SSSR count). The predicted molar refractivity (Wildman–Crippen MR) is 77.6 cm³/mol. The molecule has 0 bridgehead atoms. The van der Waals surface area contributed by atoms with Gasteiger partial charge < -0.3 is 10.2 Å². The van der Waals surface area contributed by atoms with Crippen molar-refractivity contribution in [2.75, 3.05) is 11.9 Å². The summed E-state index contributed by atoms with van der Waals surface area (Å²) >= 11 is 5.97. The third-order valence-corrected chi connectivity index (χ3v) is 4.27. The number of fused-ring (bicyclic) bond motifs is 1. The smallest absolute Gasteiger partial charge is 0.255 e. The highest BCUT2D eigenvalue weighted by Gasteiger charge is 2.33. The summed E-state index contributed by atoms with van der Waals surface area (Å²) < 4.78 is 0. The van der Waals surface area contributed by atoms with E-state index in [1.54, 1.807) is 6.07 Å². The van der Waals surface area contributed by atoms with Crippen LogP contribution in [0.5, 0.6) is 0 Å². The lowest BCUT2D eigenvalue weighted by atomic mass is 9.89. The molecule has 1 aliphatic heterocycles. The zero-order valence-corrected chi connectivity index (χ0v) is 11.7. The topological polar surface area (TPSA) is 32.3 Å². The van der Waals surface area contributed by atoms with Crippen molar-refractivity contribution in [2.24, 2.45) is 5.92 Å². The molecule has 100 valence electrons. The number of nitrogens with one attached hydrogen (secondary N) is 1. The number of anilines is 1. The van der Waals surface area contributed by atoms with Gasteiger partial charge in [0.25, 0.3) is 5.91 Å². The van der Waals surface area contributed by atoms with E-state index in [4.69, 9.17) is 11.6 Å². The van der Waals surface area contributed by atoms with Crippen LogP contribution in [0.4, 0.5) is 5.69 Å². The quantitative estimate of drug-likeness (QED) is 0.799. The second kappa shape index (κ2) is 4.89. The van der Waals surface area contributed by atoms with Gasteiger partial charge in [-0.25, -0.2) is 0 Å². The maximum absolute atomic E-state index is 12.2. The molecule has 0 spiro atoms. The molecule has 0 unspecified atom stereocenters. The van der Waals surface area contributed by atoms with E-state index in [-0.39, 0.29) is 12.1 Å². The van der Waals surface area contributed by atoms with Crippen molar-refractivity contribution >= 4 is 23.2 Å². The fraction of sp³-hybridized carbons (Fsp3) is 0.400. The van der Waals surface area contributed by atoms with Gasteiger partial charge in [0.15, 0.2) is 0 Å². The van der Waals surface area contributed by atoms with Crippen molar-refractivity contribution in [3.63, 3.8) is 0 Å². The number of allylic oxidation sites excluding steroid dienone is 2. The van der Waals surface area contributed by atoms with Crippen molar-refractivity contribution in [1.29, 1.82) is 0 Å². The Morgan fingerprint density at radius 2 is 2.21 bits per heavy atom. The first-order chi connectivity index (χ1) is 9.16. The van der Waals surface area contributed by atoms with Crippen molar-refractivity contribution in [1.82, 2.24) is 5.32 Å². The molecule has 0 saturated heterocycles. The van der Waals surface area contributed by atoms with Crippen LogP contribution in [-0.2, 0) is 0 Å². The highest BCUT2D eigenvalue weighted by Crippen LogP contribution is 2.33. The van der Waals surface area contributed by atoms with Crippen LogP contribution >= 0.6 is 11.6 Å². The highest BCUT2D eigenvalue weighted by molar-refractivity contribution is 6.31. The summed E-state index contributed by atoms with van der Waals surface area (Å²) in [6.07, 6.45) is 7.75. The predicted octanol–water partition coefficient (Wildman–Crippen LogP) is 3.20. The Kier molecular flexibility index (Phi) is 3.23. The molecule has 3 nitrogen and oxygen atoms in total. The lowest BCUT2D eigenvalue weighted by Gasteiger charge is -2.41. The molecular weight excluding hydrogens is 260 g/mol. The Labute approximate surface area is 118 Å². The molecule has 0 aromatic heterocycles. The zero-order chi connectivity index (χ0) is 13.4. The summed E-state index contributed by atoms with van der Waals surface area (Å²) in [5.41, 5.74) is 1.63. The van der Waals surface area contributed by atoms with Gasteiger partial charge in [-0.05, 0) is 37.5 Å². The van der Waals surface area contributed by atoms with E-state index in [0.717, 1.165) is 24.9 Å². The summed E-state index contributed by atoms with van der Waals surface area (Å²) in [4.78, 5) is 14.4. The molecule has 2 atom stereocenters. The highest BCUT2D eigenvalue weighted by atomic mass is 35.5. The first kappa shape index (κ1) is 12.5. The number of hydrogen-bond acceptors (Lipinski definition) is 2. The summed E-state index contributed by atoms with van der Waals surface area (Å²) in [5, 5.41) is 3.71. The van der Waals surface area contributed by atoms with Crippen LogP contribution in [0.2, 0.25) is 5.02 Å². The minimum atomic E-state index is -0.0184. The molecule has 2 aliphatic rings. The second-order valence-electron chi connectivity index (χ2n) is 5.24. The van der Waals surface area contributed by atoms with Gasteiger partial charge in [0.05, 0.1) is 11.3 Å². The van der Waals surface area contributed by atoms with E-state index in [1.807, 2.05) is 19.2 Å². The normalized spacial score (nSPS) is 26.0.